The van der Waals surface area contributed by atoms with Crippen molar-refractivity contribution in [2.45, 2.75) is 19.9 Å². The minimum absolute atomic E-state index is 0.0648. The van der Waals surface area contributed by atoms with Crippen LogP contribution >= 0.6 is 11.6 Å². The van der Waals surface area contributed by atoms with Gasteiger partial charge in [-0.05, 0) is 31.5 Å². The molecule has 0 saturated carbocycles. The van der Waals surface area contributed by atoms with E-state index in [0.29, 0.717) is 24.8 Å². The smallest absolute Gasteiger partial charge is 0.120 e. The second-order valence-corrected chi connectivity index (χ2v) is 3.92. The summed E-state index contributed by atoms with van der Waals surface area (Å²) >= 11 is 6.07. The molecule has 90 valence electrons. The lowest BCUT2D eigenvalue weighted by molar-refractivity contribution is 0.110. The molecule has 1 aromatic carbocycles. The average Bonchev–Trinajstić information content (AvgIpc) is 2.24. The molecule has 0 bridgehead atoms. The topological polar surface area (TPSA) is 44.5 Å². The fraction of sp³-hybridized carbons (Fsp3) is 0.500. The molecule has 1 rings (SSSR count). The molecule has 0 aliphatic carbocycles. The van der Waals surface area contributed by atoms with Gasteiger partial charge >= 0.3 is 0 Å². The van der Waals surface area contributed by atoms with Gasteiger partial charge in [-0.2, -0.15) is 0 Å². The molecule has 2 N–H and O–H groups in total. The molecule has 0 aliphatic rings. The Labute approximate surface area is 101 Å². The van der Waals surface area contributed by atoms with Crippen LogP contribution in [0, 0.1) is 0 Å². The number of ether oxygens (including phenoxy) is 2. The van der Waals surface area contributed by atoms with E-state index in [2.05, 4.69) is 0 Å². The molecule has 0 amide bonds. The molecular formula is C12H18ClNO2. The normalized spacial score (nSPS) is 12.5. The van der Waals surface area contributed by atoms with Gasteiger partial charge in [0.15, 0.2) is 0 Å². The zero-order valence-corrected chi connectivity index (χ0v) is 10.5. The molecule has 1 aromatic rings. The monoisotopic (exact) mass is 243 g/mol. The Bertz CT molecular complexity index is 329. The first kappa shape index (κ1) is 13.3. The van der Waals surface area contributed by atoms with Crippen LogP contribution in [0.15, 0.2) is 18.2 Å². The summed E-state index contributed by atoms with van der Waals surface area (Å²) in [6.45, 7) is 5.67. The first-order valence-electron chi connectivity index (χ1n) is 5.40. The van der Waals surface area contributed by atoms with Crippen molar-refractivity contribution in [1.82, 2.24) is 0 Å². The molecular weight excluding hydrogens is 226 g/mol. The molecule has 1 atom stereocenters. The van der Waals surface area contributed by atoms with Crippen LogP contribution in [-0.4, -0.2) is 19.8 Å². The van der Waals surface area contributed by atoms with Crippen LogP contribution in [-0.2, 0) is 4.74 Å². The van der Waals surface area contributed by atoms with E-state index in [4.69, 9.17) is 26.8 Å². The van der Waals surface area contributed by atoms with E-state index < -0.39 is 0 Å². The number of nitrogens with two attached hydrogens (primary N) is 1. The van der Waals surface area contributed by atoms with Gasteiger partial charge in [0, 0.05) is 17.7 Å². The van der Waals surface area contributed by atoms with Crippen molar-refractivity contribution in [3.05, 3.63) is 28.8 Å². The van der Waals surface area contributed by atoms with Crippen molar-refractivity contribution in [2.75, 3.05) is 19.8 Å². The molecule has 16 heavy (non-hydrogen) atoms. The Hall–Kier alpha value is -0.770. The summed E-state index contributed by atoms with van der Waals surface area (Å²) in [5.74, 6) is 0.745. The molecule has 0 aliphatic heterocycles. The van der Waals surface area contributed by atoms with E-state index in [0.717, 1.165) is 11.3 Å². The second kappa shape index (κ2) is 6.74. The van der Waals surface area contributed by atoms with Gasteiger partial charge in [-0.3, -0.25) is 0 Å². The third kappa shape index (κ3) is 4.00. The molecule has 0 radical (unpaired) electrons. The summed E-state index contributed by atoms with van der Waals surface area (Å²) < 4.78 is 10.6. The minimum Gasteiger partial charge on any atom is -0.491 e. The van der Waals surface area contributed by atoms with E-state index in [1.165, 1.54) is 0 Å². The van der Waals surface area contributed by atoms with Gasteiger partial charge in [-0.15, -0.1) is 0 Å². The van der Waals surface area contributed by atoms with E-state index in [1.54, 1.807) is 6.07 Å². The molecule has 0 fully saturated rings. The number of halogens is 1. The van der Waals surface area contributed by atoms with Crippen LogP contribution in [0.3, 0.4) is 0 Å². The lowest BCUT2D eigenvalue weighted by Crippen LogP contribution is -2.08. The quantitative estimate of drug-likeness (QED) is 0.782. The summed E-state index contributed by atoms with van der Waals surface area (Å²) in [7, 11) is 0. The van der Waals surface area contributed by atoms with Gasteiger partial charge in [-0.1, -0.05) is 17.7 Å². The minimum atomic E-state index is -0.0648. The molecule has 0 spiro atoms. The van der Waals surface area contributed by atoms with Gasteiger partial charge < -0.3 is 15.2 Å². The predicted molar refractivity (Wildman–Crippen MR) is 66.0 cm³/mol. The lowest BCUT2D eigenvalue weighted by Gasteiger charge is -2.11. The predicted octanol–water partition coefficient (Wildman–Crippen LogP) is 2.78. The first-order valence-corrected chi connectivity index (χ1v) is 5.78. The van der Waals surface area contributed by atoms with Gasteiger partial charge in [0.25, 0.3) is 0 Å². The molecule has 0 aromatic heterocycles. The highest BCUT2D eigenvalue weighted by Gasteiger charge is 2.06. The molecule has 4 heteroatoms. The third-order valence-electron chi connectivity index (χ3n) is 2.16. The number of benzene rings is 1. The molecule has 0 heterocycles. The zero-order chi connectivity index (χ0) is 12.0. The van der Waals surface area contributed by atoms with Gasteiger partial charge in [0.1, 0.15) is 12.4 Å². The third-order valence-corrected chi connectivity index (χ3v) is 2.49. The van der Waals surface area contributed by atoms with Crippen molar-refractivity contribution in [2.24, 2.45) is 5.73 Å². The Morgan fingerprint density at radius 3 is 2.69 bits per heavy atom. The Morgan fingerprint density at radius 1 is 1.38 bits per heavy atom. The van der Waals surface area contributed by atoms with Crippen molar-refractivity contribution in [1.29, 1.82) is 0 Å². The maximum Gasteiger partial charge on any atom is 0.120 e. The van der Waals surface area contributed by atoms with E-state index in [9.17, 15) is 0 Å². The van der Waals surface area contributed by atoms with E-state index >= 15 is 0 Å². The zero-order valence-electron chi connectivity index (χ0n) is 9.70. The lowest BCUT2D eigenvalue weighted by atomic mass is 10.1. The fourth-order valence-electron chi connectivity index (χ4n) is 1.33. The molecule has 1 unspecified atom stereocenters. The highest BCUT2D eigenvalue weighted by atomic mass is 35.5. The summed E-state index contributed by atoms with van der Waals surface area (Å²) in [5, 5.41) is 0.643. The van der Waals surface area contributed by atoms with Crippen LogP contribution in [0.2, 0.25) is 5.02 Å². The summed E-state index contributed by atoms with van der Waals surface area (Å²) in [4.78, 5) is 0. The maximum absolute atomic E-state index is 6.07. The van der Waals surface area contributed by atoms with Crippen LogP contribution < -0.4 is 10.5 Å². The van der Waals surface area contributed by atoms with Crippen LogP contribution in [0.4, 0.5) is 0 Å². The second-order valence-electron chi connectivity index (χ2n) is 3.52. The fourth-order valence-corrected chi connectivity index (χ4v) is 1.67. The van der Waals surface area contributed by atoms with Crippen LogP contribution in [0.25, 0.3) is 0 Å². The SMILES string of the molecule is CCOCCOc1ccc(C(C)N)c(Cl)c1. The number of hydrogen-bond donors (Lipinski definition) is 1. The summed E-state index contributed by atoms with van der Waals surface area (Å²) in [5.41, 5.74) is 6.69. The van der Waals surface area contributed by atoms with E-state index in [-0.39, 0.29) is 6.04 Å². The van der Waals surface area contributed by atoms with E-state index in [1.807, 2.05) is 26.0 Å². The maximum atomic E-state index is 6.07. The van der Waals surface area contributed by atoms with Gasteiger partial charge in [0.2, 0.25) is 0 Å². The number of hydrogen-bond acceptors (Lipinski definition) is 3. The molecule has 3 nitrogen and oxygen atoms in total. The van der Waals surface area contributed by atoms with Crippen molar-refractivity contribution in [3.8, 4) is 5.75 Å². The molecule has 0 saturated heterocycles. The van der Waals surface area contributed by atoms with Crippen molar-refractivity contribution in [3.63, 3.8) is 0 Å². The van der Waals surface area contributed by atoms with Gasteiger partial charge in [-0.25, -0.2) is 0 Å². The first-order chi connectivity index (χ1) is 7.65. The van der Waals surface area contributed by atoms with Gasteiger partial charge in [0.05, 0.1) is 6.61 Å². The highest BCUT2D eigenvalue weighted by Crippen LogP contribution is 2.26. The van der Waals surface area contributed by atoms with Crippen molar-refractivity contribution >= 4 is 11.6 Å². The summed E-state index contributed by atoms with van der Waals surface area (Å²) in [6.07, 6.45) is 0. The Morgan fingerprint density at radius 2 is 2.12 bits per heavy atom. The number of rotatable bonds is 6. The Kier molecular flexibility index (Phi) is 5.60. The Balaban J connectivity index is 2.53. The van der Waals surface area contributed by atoms with Crippen LogP contribution in [0.1, 0.15) is 25.5 Å². The largest absolute Gasteiger partial charge is 0.491 e. The van der Waals surface area contributed by atoms with Crippen molar-refractivity contribution < 1.29 is 9.47 Å². The summed E-state index contributed by atoms with van der Waals surface area (Å²) in [6, 6.07) is 5.48. The van der Waals surface area contributed by atoms with Crippen LogP contribution in [0.5, 0.6) is 5.75 Å². The standard InChI is InChI=1S/C12H18ClNO2/c1-3-15-6-7-16-10-4-5-11(9(2)14)12(13)8-10/h4-5,8-9H,3,6-7,14H2,1-2H3. The highest BCUT2D eigenvalue weighted by molar-refractivity contribution is 6.31. The average molecular weight is 244 g/mol.